The zero-order valence-electron chi connectivity index (χ0n) is 11.4. The van der Waals surface area contributed by atoms with Crippen LogP contribution < -0.4 is 0 Å². The van der Waals surface area contributed by atoms with Gasteiger partial charge in [0.1, 0.15) is 5.69 Å². The van der Waals surface area contributed by atoms with Crippen molar-refractivity contribution in [1.29, 1.82) is 0 Å². The smallest absolute Gasteiger partial charge is 0.274 e. The lowest BCUT2D eigenvalue weighted by Gasteiger charge is -2.36. The fourth-order valence-electron chi connectivity index (χ4n) is 2.28. The van der Waals surface area contributed by atoms with Crippen molar-refractivity contribution in [1.82, 2.24) is 25.0 Å². The summed E-state index contributed by atoms with van der Waals surface area (Å²) in [5.41, 5.74) is 1.30. The predicted molar refractivity (Wildman–Crippen MR) is 78.3 cm³/mol. The van der Waals surface area contributed by atoms with Gasteiger partial charge in [0.05, 0.1) is 12.1 Å². The Morgan fingerprint density at radius 1 is 1.36 bits per heavy atom. The molecule has 0 aliphatic carbocycles. The van der Waals surface area contributed by atoms with Crippen molar-refractivity contribution in [2.75, 3.05) is 13.1 Å². The third-order valence-corrected chi connectivity index (χ3v) is 4.20. The Morgan fingerprint density at radius 3 is 3.00 bits per heavy atom. The van der Waals surface area contributed by atoms with Gasteiger partial charge in [-0.1, -0.05) is 5.16 Å². The molecular weight excluding hydrogens is 302 g/mol. The van der Waals surface area contributed by atoms with Crippen molar-refractivity contribution in [2.45, 2.75) is 5.92 Å². The summed E-state index contributed by atoms with van der Waals surface area (Å²) >= 11 is 1.59. The molecule has 1 amide bonds. The van der Waals surface area contributed by atoms with Gasteiger partial charge in [0.2, 0.25) is 11.7 Å². The number of rotatable bonds is 3. The van der Waals surface area contributed by atoms with Crippen LogP contribution in [-0.2, 0) is 0 Å². The Morgan fingerprint density at radius 2 is 2.27 bits per heavy atom. The quantitative estimate of drug-likeness (QED) is 0.733. The molecule has 1 saturated heterocycles. The van der Waals surface area contributed by atoms with Crippen LogP contribution in [0.2, 0.25) is 0 Å². The minimum atomic E-state index is -0.123. The molecule has 4 rings (SSSR count). The second-order valence-corrected chi connectivity index (χ2v) is 5.75. The maximum Gasteiger partial charge on any atom is 0.274 e. The molecule has 3 aromatic rings. The van der Waals surface area contributed by atoms with Gasteiger partial charge in [-0.3, -0.25) is 9.78 Å². The van der Waals surface area contributed by atoms with Crippen LogP contribution in [0.15, 0.2) is 39.9 Å². The van der Waals surface area contributed by atoms with E-state index in [4.69, 9.17) is 4.52 Å². The highest BCUT2D eigenvalue weighted by molar-refractivity contribution is 7.08. The van der Waals surface area contributed by atoms with Gasteiger partial charge in [0, 0.05) is 36.4 Å². The van der Waals surface area contributed by atoms with Crippen LogP contribution in [0.1, 0.15) is 22.3 Å². The van der Waals surface area contributed by atoms with Gasteiger partial charge in [-0.15, -0.1) is 0 Å². The number of carbonyl (C=O) groups excluding carboxylic acids is 1. The Balaban J connectivity index is 1.42. The van der Waals surface area contributed by atoms with Gasteiger partial charge in [-0.05, 0) is 11.4 Å². The molecule has 0 saturated carbocycles. The molecule has 110 valence electrons. The molecule has 4 heterocycles. The highest BCUT2D eigenvalue weighted by Crippen LogP contribution is 2.28. The third kappa shape index (κ3) is 2.27. The molecule has 7 nitrogen and oxygen atoms in total. The summed E-state index contributed by atoms with van der Waals surface area (Å²) in [5.74, 6) is 1.13. The molecule has 3 aromatic heterocycles. The van der Waals surface area contributed by atoms with E-state index in [9.17, 15) is 4.79 Å². The average molecular weight is 313 g/mol. The molecule has 8 heteroatoms. The van der Waals surface area contributed by atoms with Gasteiger partial charge in [-0.25, -0.2) is 4.98 Å². The van der Waals surface area contributed by atoms with Crippen LogP contribution in [0.4, 0.5) is 0 Å². The van der Waals surface area contributed by atoms with E-state index in [0.29, 0.717) is 30.5 Å². The SMILES string of the molecule is O=C(c1cnccn1)N1CC(c2nc(-c3ccsc3)no2)C1. The average Bonchev–Trinajstić information content (AvgIpc) is 3.17. The molecule has 1 aliphatic heterocycles. The van der Waals surface area contributed by atoms with E-state index in [1.54, 1.807) is 22.4 Å². The van der Waals surface area contributed by atoms with Crippen LogP contribution in [0.3, 0.4) is 0 Å². The number of aromatic nitrogens is 4. The number of hydrogen-bond donors (Lipinski definition) is 0. The van der Waals surface area contributed by atoms with Crippen LogP contribution in [0, 0.1) is 0 Å². The van der Waals surface area contributed by atoms with E-state index in [0.717, 1.165) is 5.56 Å². The zero-order valence-corrected chi connectivity index (χ0v) is 12.2. The van der Waals surface area contributed by atoms with Gasteiger partial charge in [-0.2, -0.15) is 16.3 Å². The summed E-state index contributed by atoms with van der Waals surface area (Å²) in [5, 5.41) is 7.92. The van der Waals surface area contributed by atoms with Crippen molar-refractivity contribution >= 4 is 17.2 Å². The van der Waals surface area contributed by atoms with Gasteiger partial charge >= 0.3 is 0 Å². The van der Waals surface area contributed by atoms with E-state index in [1.807, 2.05) is 16.8 Å². The van der Waals surface area contributed by atoms with Crippen LogP contribution in [0.5, 0.6) is 0 Å². The molecule has 0 radical (unpaired) electrons. The normalized spacial score (nSPS) is 14.8. The summed E-state index contributed by atoms with van der Waals surface area (Å²) in [6.45, 7) is 1.11. The molecule has 1 fully saturated rings. The zero-order chi connectivity index (χ0) is 14.9. The topological polar surface area (TPSA) is 85.0 Å². The van der Waals surface area contributed by atoms with Crippen molar-refractivity contribution in [3.63, 3.8) is 0 Å². The van der Waals surface area contributed by atoms with Gasteiger partial charge in [0.15, 0.2) is 0 Å². The standard InChI is InChI=1S/C14H11N5O2S/c20-14(11-5-15-2-3-16-11)19-6-10(7-19)13-17-12(18-21-13)9-1-4-22-8-9/h1-5,8,10H,6-7H2. The minimum Gasteiger partial charge on any atom is -0.339 e. The molecule has 0 bridgehead atoms. The minimum absolute atomic E-state index is 0.0838. The Hall–Kier alpha value is -2.61. The Kier molecular flexibility index (Phi) is 3.15. The number of carbonyl (C=O) groups is 1. The van der Waals surface area contributed by atoms with E-state index in [-0.39, 0.29) is 11.8 Å². The number of thiophene rings is 1. The lowest BCUT2D eigenvalue weighted by molar-refractivity contribution is 0.0562. The first-order valence-electron chi connectivity index (χ1n) is 6.73. The molecule has 1 aliphatic rings. The van der Waals surface area contributed by atoms with Crippen LogP contribution >= 0.6 is 11.3 Å². The Bertz CT molecular complexity index is 781. The number of likely N-dealkylation sites (tertiary alicyclic amines) is 1. The molecule has 0 atom stereocenters. The van der Waals surface area contributed by atoms with Crippen molar-refractivity contribution in [3.8, 4) is 11.4 Å². The first kappa shape index (κ1) is 13.1. The first-order chi connectivity index (χ1) is 10.8. The fourth-order valence-corrected chi connectivity index (χ4v) is 2.92. The third-order valence-electron chi connectivity index (χ3n) is 3.52. The molecular formula is C14H11N5O2S. The van der Waals surface area contributed by atoms with Gasteiger partial charge < -0.3 is 9.42 Å². The number of hydrogen-bond acceptors (Lipinski definition) is 7. The van der Waals surface area contributed by atoms with E-state index >= 15 is 0 Å². The van der Waals surface area contributed by atoms with E-state index in [2.05, 4.69) is 20.1 Å². The molecule has 0 spiro atoms. The molecule has 0 N–H and O–H groups in total. The lowest BCUT2D eigenvalue weighted by atomic mass is 10.00. The number of nitrogens with zero attached hydrogens (tertiary/aromatic N) is 5. The molecule has 0 unspecified atom stereocenters. The Labute approximate surface area is 129 Å². The van der Waals surface area contributed by atoms with Gasteiger partial charge in [0.25, 0.3) is 5.91 Å². The highest BCUT2D eigenvalue weighted by Gasteiger charge is 2.36. The summed E-state index contributed by atoms with van der Waals surface area (Å²) in [6, 6.07) is 1.95. The monoisotopic (exact) mass is 313 g/mol. The van der Waals surface area contributed by atoms with Crippen LogP contribution in [0.25, 0.3) is 11.4 Å². The second kappa shape index (κ2) is 5.30. The lowest BCUT2D eigenvalue weighted by Crippen LogP contribution is -2.48. The summed E-state index contributed by atoms with van der Waals surface area (Å²) in [4.78, 5) is 26.2. The largest absolute Gasteiger partial charge is 0.339 e. The predicted octanol–water partition coefficient (Wildman–Crippen LogP) is 1.83. The highest BCUT2D eigenvalue weighted by atomic mass is 32.1. The van der Waals surface area contributed by atoms with Crippen LogP contribution in [-0.4, -0.2) is 44.0 Å². The fraction of sp³-hybridized carbons (Fsp3) is 0.214. The van der Waals surface area contributed by atoms with E-state index < -0.39 is 0 Å². The maximum absolute atomic E-state index is 12.2. The second-order valence-electron chi connectivity index (χ2n) is 4.97. The van der Waals surface area contributed by atoms with Crippen molar-refractivity contribution in [2.24, 2.45) is 0 Å². The summed E-state index contributed by atoms with van der Waals surface area (Å²) in [7, 11) is 0. The summed E-state index contributed by atoms with van der Waals surface area (Å²) < 4.78 is 5.30. The number of amides is 1. The van der Waals surface area contributed by atoms with Crippen molar-refractivity contribution < 1.29 is 9.32 Å². The molecule has 0 aromatic carbocycles. The summed E-state index contributed by atoms with van der Waals surface area (Å²) in [6.07, 6.45) is 4.52. The van der Waals surface area contributed by atoms with Crippen molar-refractivity contribution in [3.05, 3.63) is 47.0 Å². The maximum atomic E-state index is 12.2. The first-order valence-corrected chi connectivity index (χ1v) is 7.67. The van der Waals surface area contributed by atoms with E-state index in [1.165, 1.54) is 12.4 Å². The molecule has 22 heavy (non-hydrogen) atoms.